The molecule has 1 N–H and O–H groups in total. The predicted molar refractivity (Wildman–Crippen MR) is 140 cm³/mol. The predicted octanol–water partition coefficient (Wildman–Crippen LogP) is 5.43. The zero-order valence-corrected chi connectivity index (χ0v) is 21.8. The number of hydrogen-bond acceptors (Lipinski definition) is 5. The Morgan fingerprint density at radius 3 is 2.17 bits per heavy atom. The zero-order valence-electron chi connectivity index (χ0n) is 21.8. The number of aromatic nitrogens is 2. The number of benzene rings is 3. The standard InChI is InChI=1S/C29H25F6N3O3/c1-18-15-20(27(40,28(30,31)32)29(33,34)35)7-10-24(18)38-25(16-19-5-3-2-4-6-19)36-23-9-8-21(17-22(23)26(38)39)37-11-13-41-14-12-37/h2-10,15,17,40H,11-14,16H2,1H3. The number of ether oxygens (including phenoxy) is 1. The number of rotatable bonds is 5. The van der Waals surface area contributed by atoms with Crippen LogP contribution in [0.25, 0.3) is 16.6 Å². The van der Waals surface area contributed by atoms with Gasteiger partial charge in [-0.1, -0.05) is 42.5 Å². The summed E-state index contributed by atoms with van der Waals surface area (Å²) in [6.07, 6.45) is -11.9. The van der Waals surface area contributed by atoms with Gasteiger partial charge in [-0.25, -0.2) is 4.98 Å². The molecule has 1 aromatic heterocycles. The fourth-order valence-corrected chi connectivity index (χ4v) is 5.00. The highest BCUT2D eigenvalue weighted by molar-refractivity contribution is 5.82. The van der Waals surface area contributed by atoms with Gasteiger partial charge in [0.05, 0.1) is 29.8 Å². The monoisotopic (exact) mass is 577 g/mol. The molecule has 0 atom stereocenters. The summed E-state index contributed by atoms with van der Waals surface area (Å²) >= 11 is 0. The van der Waals surface area contributed by atoms with Crippen molar-refractivity contribution >= 4 is 16.6 Å². The maximum atomic E-state index is 14.0. The SMILES string of the molecule is Cc1cc(C(O)(C(F)(F)F)C(F)(F)F)ccc1-n1c(Cc2ccccc2)nc2ccc(N3CCOCC3)cc2c1=O. The Labute approximate surface area is 230 Å². The summed E-state index contributed by atoms with van der Waals surface area (Å²) in [7, 11) is 0. The Bertz CT molecular complexity index is 1610. The summed E-state index contributed by atoms with van der Waals surface area (Å²) in [6.45, 7) is 3.54. The number of fused-ring (bicyclic) bond motifs is 1. The average molecular weight is 578 g/mol. The van der Waals surface area contributed by atoms with Gasteiger partial charge in [0.25, 0.3) is 11.2 Å². The summed E-state index contributed by atoms with van der Waals surface area (Å²) in [5.74, 6) is 0.241. The number of halogens is 6. The lowest BCUT2D eigenvalue weighted by atomic mass is 9.90. The van der Waals surface area contributed by atoms with Crippen LogP contribution >= 0.6 is 0 Å². The Kier molecular flexibility index (Phi) is 7.33. The maximum absolute atomic E-state index is 14.0. The maximum Gasteiger partial charge on any atom is 0.430 e. The number of nitrogens with zero attached hydrogens (tertiary/aromatic N) is 3. The van der Waals surface area contributed by atoms with E-state index in [4.69, 9.17) is 9.72 Å². The van der Waals surface area contributed by atoms with Gasteiger partial charge in [-0.3, -0.25) is 9.36 Å². The molecule has 0 bridgehead atoms. The third-order valence-corrected chi connectivity index (χ3v) is 7.18. The summed E-state index contributed by atoms with van der Waals surface area (Å²) in [6, 6.07) is 16.4. The normalized spacial score (nSPS) is 15.0. The number of aliphatic hydroxyl groups is 1. The Morgan fingerprint density at radius 1 is 0.902 bits per heavy atom. The molecule has 6 nitrogen and oxygen atoms in total. The van der Waals surface area contributed by atoms with Gasteiger partial charge in [-0.2, -0.15) is 26.3 Å². The second-order valence-electron chi connectivity index (χ2n) is 9.84. The molecule has 41 heavy (non-hydrogen) atoms. The van der Waals surface area contributed by atoms with Gasteiger partial charge >= 0.3 is 12.4 Å². The molecule has 0 aliphatic carbocycles. The number of aryl methyl sites for hydroxylation is 1. The first-order valence-corrected chi connectivity index (χ1v) is 12.7. The highest BCUT2D eigenvalue weighted by Gasteiger charge is 2.71. The van der Waals surface area contributed by atoms with Crippen molar-refractivity contribution in [2.75, 3.05) is 31.2 Å². The van der Waals surface area contributed by atoms with E-state index in [0.717, 1.165) is 17.3 Å². The average Bonchev–Trinajstić information content (AvgIpc) is 2.93. The minimum atomic E-state index is -6.03. The van der Waals surface area contributed by atoms with Gasteiger partial charge in [-0.15, -0.1) is 0 Å². The summed E-state index contributed by atoms with van der Waals surface area (Å²) in [5.41, 5.74) is -5.13. The molecule has 0 amide bonds. The fourth-order valence-electron chi connectivity index (χ4n) is 5.00. The third-order valence-electron chi connectivity index (χ3n) is 7.18. The van der Waals surface area contributed by atoms with Crippen molar-refractivity contribution in [3.8, 4) is 5.69 Å². The Morgan fingerprint density at radius 2 is 1.56 bits per heavy atom. The van der Waals surface area contributed by atoms with Crippen LogP contribution in [-0.2, 0) is 16.8 Å². The molecule has 216 valence electrons. The first kappa shape index (κ1) is 28.6. The molecule has 4 aromatic rings. The van der Waals surface area contributed by atoms with Crippen LogP contribution in [0, 0.1) is 6.92 Å². The largest absolute Gasteiger partial charge is 0.430 e. The van der Waals surface area contributed by atoms with E-state index in [1.807, 2.05) is 29.2 Å². The van der Waals surface area contributed by atoms with Gasteiger partial charge in [0.1, 0.15) is 5.82 Å². The molecule has 1 saturated heterocycles. The summed E-state index contributed by atoms with van der Waals surface area (Å²) < 4.78 is 87.8. The lowest BCUT2D eigenvalue weighted by Crippen LogP contribution is -2.54. The van der Waals surface area contributed by atoms with Gasteiger partial charge in [-0.05, 0) is 42.3 Å². The number of hydrogen-bond donors (Lipinski definition) is 1. The molecule has 0 spiro atoms. The molecule has 0 saturated carbocycles. The second-order valence-corrected chi connectivity index (χ2v) is 9.84. The van der Waals surface area contributed by atoms with E-state index >= 15 is 0 Å². The van der Waals surface area contributed by atoms with Crippen molar-refractivity contribution in [3.63, 3.8) is 0 Å². The molecule has 0 radical (unpaired) electrons. The van der Waals surface area contributed by atoms with Crippen LogP contribution in [0.2, 0.25) is 0 Å². The van der Waals surface area contributed by atoms with Crippen molar-refractivity contribution in [2.24, 2.45) is 0 Å². The zero-order chi connectivity index (χ0) is 29.6. The van der Waals surface area contributed by atoms with Crippen LogP contribution in [-0.4, -0.2) is 53.3 Å². The van der Waals surface area contributed by atoms with E-state index in [0.29, 0.717) is 44.0 Å². The van der Waals surface area contributed by atoms with Gasteiger partial charge in [0.2, 0.25) is 0 Å². The van der Waals surface area contributed by atoms with Crippen LogP contribution in [0.4, 0.5) is 32.0 Å². The van der Waals surface area contributed by atoms with Crippen molar-refractivity contribution in [2.45, 2.75) is 31.3 Å². The van der Waals surface area contributed by atoms with Gasteiger partial charge in [0, 0.05) is 30.8 Å². The minimum Gasteiger partial charge on any atom is -0.378 e. The molecular weight excluding hydrogens is 552 g/mol. The van der Waals surface area contributed by atoms with E-state index in [2.05, 4.69) is 0 Å². The molecule has 12 heteroatoms. The van der Waals surface area contributed by atoms with Crippen LogP contribution in [0.15, 0.2) is 71.5 Å². The van der Waals surface area contributed by atoms with E-state index in [1.54, 1.807) is 24.3 Å². The highest BCUT2D eigenvalue weighted by Crippen LogP contribution is 2.50. The van der Waals surface area contributed by atoms with Crippen LogP contribution in [0.3, 0.4) is 0 Å². The molecule has 3 aromatic carbocycles. The van der Waals surface area contributed by atoms with E-state index in [-0.39, 0.29) is 28.9 Å². The topological polar surface area (TPSA) is 67.6 Å². The number of anilines is 1. The second kappa shape index (κ2) is 10.5. The lowest BCUT2D eigenvalue weighted by Gasteiger charge is -2.33. The van der Waals surface area contributed by atoms with Crippen molar-refractivity contribution in [1.29, 1.82) is 0 Å². The lowest BCUT2D eigenvalue weighted by molar-refractivity contribution is -0.376. The van der Waals surface area contributed by atoms with Crippen LogP contribution in [0.1, 0.15) is 22.5 Å². The molecule has 2 heterocycles. The first-order valence-electron chi connectivity index (χ1n) is 12.7. The minimum absolute atomic E-state index is 0.0440. The van der Waals surface area contributed by atoms with E-state index < -0.39 is 29.1 Å². The Hall–Kier alpha value is -3.90. The molecule has 5 rings (SSSR count). The van der Waals surface area contributed by atoms with Crippen molar-refractivity contribution < 1.29 is 36.2 Å². The smallest absolute Gasteiger partial charge is 0.378 e. The third kappa shape index (κ3) is 5.17. The first-order chi connectivity index (χ1) is 19.3. The quantitative estimate of drug-likeness (QED) is 0.321. The van der Waals surface area contributed by atoms with Gasteiger partial charge < -0.3 is 14.7 Å². The number of morpholine rings is 1. The molecule has 1 fully saturated rings. The van der Waals surface area contributed by atoms with E-state index in [9.17, 15) is 36.2 Å². The molecular formula is C29H25F6N3O3. The van der Waals surface area contributed by atoms with E-state index in [1.165, 1.54) is 11.5 Å². The van der Waals surface area contributed by atoms with Crippen LogP contribution < -0.4 is 10.5 Å². The summed E-state index contributed by atoms with van der Waals surface area (Å²) in [5, 5.41) is 10.1. The van der Waals surface area contributed by atoms with Gasteiger partial charge in [0.15, 0.2) is 0 Å². The molecule has 0 unspecified atom stereocenters. The van der Waals surface area contributed by atoms with Crippen LogP contribution in [0.5, 0.6) is 0 Å². The summed E-state index contributed by atoms with van der Waals surface area (Å²) in [4.78, 5) is 20.7. The molecule has 1 aliphatic heterocycles. The highest BCUT2D eigenvalue weighted by atomic mass is 19.4. The fraction of sp³-hybridized carbons (Fsp3) is 0.310. The molecule has 1 aliphatic rings. The van der Waals surface area contributed by atoms with Crippen molar-refractivity contribution in [3.05, 3.63) is 99.6 Å². The van der Waals surface area contributed by atoms with Crippen molar-refractivity contribution in [1.82, 2.24) is 9.55 Å². The Balaban J connectivity index is 1.70. The number of alkyl halides is 6.